The molecule has 0 heterocycles. The zero-order chi connectivity index (χ0) is 15.6. The molecule has 0 radical (unpaired) electrons. The maximum Gasteiger partial charge on any atom is 0.418 e. The summed E-state index contributed by atoms with van der Waals surface area (Å²) in [5.74, 6) is 1.34. The van der Waals surface area contributed by atoms with E-state index in [-0.39, 0.29) is 16.8 Å². The van der Waals surface area contributed by atoms with Gasteiger partial charge in [-0.1, -0.05) is 25.4 Å². The standard InChI is InChI=1S/C16H21ClF3N/c1-10(2)11-3-6-13(7-4-11)21-15-8-5-12(17)9-14(15)16(18,19)20/h5,8-11,13,21H,3-4,6-7H2,1-2H3. The monoisotopic (exact) mass is 319 g/mol. The summed E-state index contributed by atoms with van der Waals surface area (Å²) >= 11 is 5.69. The van der Waals surface area contributed by atoms with Crippen LogP contribution < -0.4 is 5.32 Å². The highest BCUT2D eigenvalue weighted by molar-refractivity contribution is 6.30. The number of anilines is 1. The molecular weight excluding hydrogens is 299 g/mol. The average molecular weight is 320 g/mol. The van der Waals surface area contributed by atoms with Crippen LogP contribution in [0.5, 0.6) is 0 Å². The summed E-state index contributed by atoms with van der Waals surface area (Å²) in [7, 11) is 0. The molecule has 1 aromatic rings. The molecule has 0 atom stereocenters. The van der Waals surface area contributed by atoms with Crippen LogP contribution in [0, 0.1) is 11.8 Å². The normalized spacial score (nSPS) is 23.4. The largest absolute Gasteiger partial charge is 0.418 e. The Morgan fingerprint density at radius 3 is 2.29 bits per heavy atom. The van der Waals surface area contributed by atoms with Crippen molar-refractivity contribution in [2.75, 3.05) is 5.32 Å². The van der Waals surface area contributed by atoms with Gasteiger partial charge in [0.05, 0.1) is 5.56 Å². The molecule has 1 aromatic carbocycles. The molecule has 0 unspecified atom stereocenters. The number of halogens is 4. The van der Waals surface area contributed by atoms with E-state index in [9.17, 15) is 13.2 Å². The Balaban J connectivity index is 2.07. The van der Waals surface area contributed by atoms with E-state index in [1.54, 1.807) is 0 Å². The third kappa shape index (κ3) is 4.29. The summed E-state index contributed by atoms with van der Waals surface area (Å²) < 4.78 is 39.2. The highest BCUT2D eigenvalue weighted by Gasteiger charge is 2.34. The smallest absolute Gasteiger partial charge is 0.382 e. The number of hydrogen-bond acceptors (Lipinski definition) is 1. The number of benzene rings is 1. The van der Waals surface area contributed by atoms with Crippen molar-refractivity contribution in [3.8, 4) is 0 Å². The molecule has 0 amide bonds. The number of hydrogen-bond donors (Lipinski definition) is 1. The lowest BCUT2D eigenvalue weighted by molar-refractivity contribution is -0.137. The first-order valence-electron chi connectivity index (χ1n) is 7.40. The van der Waals surface area contributed by atoms with Gasteiger partial charge in [0.1, 0.15) is 0 Å². The molecule has 0 aliphatic heterocycles. The highest BCUT2D eigenvalue weighted by Crippen LogP contribution is 2.38. The molecular formula is C16H21ClF3N. The van der Waals surface area contributed by atoms with Crippen LogP contribution in [-0.4, -0.2) is 6.04 Å². The van der Waals surface area contributed by atoms with Crippen LogP contribution in [0.1, 0.15) is 45.1 Å². The first-order chi connectivity index (χ1) is 9.77. The summed E-state index contributed by atoms with van der Waals surface area (Å²) in [5.41, 5.74) is -0.541. The quantitative estimate of drug-likeness (QED) is 0.722. The van der Waals surface area contributed by atoms with E-state index in [2.05, 4.69) is 19.2 Å². The third-order valence-electron chi connectivity index (χ3n) is 4.36. The van der Waals surface area contributed by atoms with E-state index in [0.717, 1.165) is 31.7 Å². The fraction of sp³-hybridized carbons (Fsp3) is 0.625. The van der Waals surface area contributed by atoms with Crippen LogP contribution >= 0.6 is 11.6 Å². The molecule has 1 aliphatic rings. The average Bonchev–Trinajstić information content (AvgIpc) is 2.40. The molecule has 1 fully saturated rings. The molecule has 1 nitrogen and oxygen atoms in total. The Hall–Kier alpha value is -0.900. The third-order valence-corrected chi connectivity index (χ3v) is 4.60. The van der Waals surface area contributed by atoms with E-state index in [1.807, 2.05) is 0 Å². The first-order valence-corrected chi connectivity index (χ1v) is 7.78. The van der Waals surface area contributed by atoms with Crippen molar-refractivity contribution in [1.82, 2.24) is 0 Å². The molecule has 21 heavy (non-hydrogen) atoms. The Labute approximate surface area is 128 Å². The number of rotatable bonds is 3. The fourth-order valence-corrected chi connectivity index (χ4v) is 3.20. The molecule has 0 saturated heterocycles. The molecule has 0 spiro atoms. The molecule has 0 aromatic heterocycles. The van der Waals surface area contributed by atoms with E-state index in [0.29, 0.717) is 11.8 Å². The minimum Gasteiger partial charge on any atom is -0.382 e. The van der Waals surface area contributed by atoms with Gasteiger partial charge in [0.15, 0.2) is 0 Å². The fourth-order valence-electron chi connectivity index (χ4n) is 3.03. The van der Waals surface area contributed by atoms with Gasteiger partial charge in [-0.05, 0) is 55.7 Å². The molecule has 0 bridgehead atoms. The summed E-state index contributed by atoms with van der Waals surface area (Å²) in [6.07, 6.45) is -0.400. The number of alkyl halides is 3. The van der Waals surface area contributed by atoms with Crippen LogP contribution in [0.3, 0.4) is 0 Å². The highest BCUT2D eigenvalue weighted by atomic mass is 35.5. The summed E-state index contributed by atoms with van der Waals surface area (Å²) in [6.45, 7) is 4.42. The number of nitrogens with one attached hydrogen (secondary N) is 1. The maximum atomic E-state index is 13.1. The minimum absolute atomic E-state index is 0.108. The first kappa shape index (κ1) is 16.5. The Bertz CT molecular complexity index is 477. The zero-order valence-electron chi connectivity index (χ0n) is 12.3. The summed E-state index contributed by atoms with van der Waals surface area (Å²) in [4.78, 5) is 0. The second kappa shape index (κ2) is 6.47. The van der Waals surface area contributed by atoms with Crippen molar-refractivity contribution in [3.63, 3.8) is 0 Å². The van der Waals surface area contributed by atoms with Gasteiger partial charge < -0.3 is 5.32 Å². The van der Waals surface area contributed by atoms with Gasteiger partial charge in [-0.25, -0.2) is 0 Å². The second-order valence-electron chi connectivity index (χ2n) is 6.19. The predicted molar refractivity (Wildman–Crippen MR) is 80.7 cm³/mol. The van der Waals surface area contributed by atoms with Crippen molar-refractivity contribution in [1.29, 1.82) is 0 Å². The van der Waals surface area contributed by atoms with Gasteiger partial charge in [-0.3, -0.25) is 0 Å². The molecule has 1 saturated carbocycles. The lowest BCUT2D eigenvalue weighted by atomic mass is 9.79. The van der Waals surface area contributed by atoms with E-state index < -0.39 is 11.7 Å². The van der Waals surface area contributed by atoms with Gasteiger partial charge >= 0.3 is 6.18 Å². The van der Waals surface area contributed by atoms with Crippen LogP contribution in [0.25, 0.3) is 0 Å². The van der Waals surface area contributed by atoms with Gasteiger partial charge in [0.25, 0.3) is 0 Å². The van der Waals surface area contributed by atoms with Crippen molar-refractivity contribution < 1.29 is 13.2 Å². The van der Waals surface area contributed by atoms with E-state index >= 15 is 0 Å². The van der Waals surface area contributed by atoms with Crippen LogP contribution in [0.15, 0.2) is 18.2 Å². The Kier molecular flexibility index (Phi) is 5.07. The van der Waals surface area contributed by atoms with Crippen molar-refractivity contribution in [2.24, 2.45) is 11.8 Å². The van der Waals surface area contributed by atoms with Crippen molar-refractivity contribution in [2.45, 2.75) is 51.7 Å². The molecule has 118 valence electrons. The SMILES string of the molecule is CC(C)C1CCC(Nc2ccc(Cl)cc2C(F)(F)F)CC1. The van der Waals surface area contributed by atoms with Gasteiger partial charge in [-0.15, -0.1) is 0 Å². The van der Waals surface area contributed by atoms with Crippen LogP contribution in [0.2, 0.25) is 5.02 Å². The summed E-state index contributed by atoms with van der Waals surface area (Å²) in [5, 5.41) is 3.17. The maximum absolute atomic E-state index is 13.1. The van der Waals surface area contributed by atoms with Crippen molar-refractivity contribution >= 4 is 17.3 Å². The molecule has 5 heteroatoms. The topological polar surface area (TPSA) is 12.0 Å². The van der Waals surface area contributed by atoms with Crippen LogP contribution in [-0.2, 0) is 6.18 Å². The van der Waals surface area contributed by atoms with E-state index in [4.69, 9.17) is 11.6 Å². The minimum atomic E-state index is -4.39. The zero-order valence-corrected chi connectivity index (χ0v) is 13.1. The van der Waals surface area contributed by atoms with Crippen LogP contribution in [0.4, 0.5) is 18.9 Å². The van der Waals surface area contributed by atoms with Gasteiger partial charge in [0, 0.05) is 16.8 Å². The predicted octanol–water partition coefficient (Wildman–Crippen LogP) is 5.99. The molecule has 2 rings (SSSR count). The molecule has 1 aliphatic carbocycles. The van der Waals surface area contributed by atoms with Gasteiger partial charge in [0.2, 0.25) is 0 Å². The summed E-state index contributed by atoms with van der Waals surface area (Å²) in [6, 6.07) is 4.03. The Morgan fingerprint density at radius 1 is 1.14 bits per heavy atom. The van der Waals surface area contributed by atoms with E-state index in [1.165, 1.54) is 12.1 Å². The lowest BCUT2D eigenvalue weighted by Gasteiger charge is -2.32. The lowest BCUT2D eigenvalue weighted by Crippen LogP contribution is -2.28. The Morgan fingerprint density at radius 2 is 1.76 bits per heavy atom. The second-order valence-corrected chi connectivity index (χ2v) is 6.62. The molecule has 1 N–H and O–H groups in total. The van der Waals surface area contributed by atoms with Gasteiger partial charge in [-0.2, -0.15) is 13.2 Å². The van der Waals surface area contributed by atoms with Crippen molar-refractivity contribution in [3.05, 3.63) is 28.8 Å².